The molecule has 24 heavy (non-hydrogen) atoms. The molecule has 4 nitrogen and oxygen atoms in total. The summed E-state index contributed by atoms with van der Waals surface area (Å²) in [7, 11) is 1.95. The number of rotatable bonds is 3. The number of hydrogen-bond donors (Lipinski definition) is 0. The minimum Gasteiger partial charge on any atom is -0.346 e. The van der Waals surface area contributed by atoms with Crippen LogP contribution in [-0.2, 0) is 17.8 Å². The predicted molar refractivity (Wildman–Crippen MR) is 99.3 cm³/mol. The van der Waals surface area contributed by atoms with Gasteiger partial charge in [-0.2, -0.15) is 0 Å². The number of likely N-dealkylation sites (tertiary alicyclic amines) is 2. The molecule has 2 aliphatic heterocycles. The van der Waals surface area contributed by atoms with Crippen LogP contribution < -0.4 is 0 Å². The van der Waals surface area contributed by atoms with Crippen LogP contribution in [0.2, 0.25) is 0 Å². The molecule has 134 valence electrons. The lowest BCUT2D eigenvalue weighted by atomic mass is 9.73. The monoisotopic (exact) mass is 351 g/mol. The molecule has 2 aliphatic rings. The number of aromatic nitrogens is 1. The fraction of sp³-hybridized carbons (Fsp3) is 0.684. The molecule has 0 bridgehead atoms. The van der Waals surface area contributed by atoms with Crippen molar-refractivity contribution in [2.75, 3.05) is 26.7 Å². The third-order valence-corrected chi connectivity index (χ3v) is 5.87. The van der Waals surface area contributed by atoms with E-state index in [0.717, 1.165) is 45.4 Å². The Bertz CT molecular complexity index is 538. The highest BCUT2D eigenvalue weighted by atomic mass is 35.5. The lowest BCUT2D eigenvalue weighted by Crippen LogP contribution is -2.40. The van der Waals surface area contributed by atoms with Crippen LogP contribution in [0.1, 0.15) is 50.3 Å². The molecule has 0 aliphatic carbocycles. The zero-order valence-corrected chi connectivity index (χ0v) is 15.8. The Balaban J connectivity index is 0.00000208. The Morgan fingerprint density at radius 3 is 2.46 bits per heavy atom. The van der Waals surface area contributed by atoms with Gasteiger partial charge in [0.25, 0.3) is 0 Å². The lowest BCUT2D eigenvalue weighted by Gasteiger charge is -2.41. The van der Waals surface area contributed by atoms with E-state index >= 15 is 0 Å². The summed E-state index contributed by atoms with van der Waals surface area (Å²) in [5, 5.41) is 0. The highest BCUT2D eigenvalue weighted by Crippen LogP contribution is 2.41. The third-order valence-electron chi connectivity index (χ3n) is 5.87. The SMILES string of the molecule is CCc1ccc(CN2CCC3(CCC(=O)N(C)CC3)CC2)nc1.Cl. The summed E-state index contributed by atoms with van der Waals surface area (Å²) in [5.74, 6) is 0.324. The van der Waals surface area contributed by atoms with Crippen molar-refractivity contribution in [1.82, 2.24) is 14.8 Å². The third kappa shape index (κ3) is 4.48. The van der Waals surface area contributed by atoms with Crippen LogP contribution >= 0.6 is 12.4 Å². The van der Waals surface area contributed by atoms with E-state index in [9.17, 15) is 4.79 Å². The quantitative estimate of drug-likeness (QED) is 0.838. The fourth-order valence-electron chi connectivity index (χ4n) is 3.89. The lowest BCUT2D eigenvalue weighted by molar-refractivity contribution is -0.129. The molecule has 5 heteroatoms. The first-order chi connectivity index (χ1) is 11.1. The number of amides is 1. The first-order valence-electron chi connectivity index (χ1n) is 9.00. The Labute approximate surface area is 152 Å². The maximum absolute atomic E-state index is 11.9. The average molecular weight is 352 g/mol. The van der Waals surface area contributed by atoms with Gasteiger partial charge in [0.2, 0.25) is 5.91 Å². The van der Waals surface area contributed by atoms with E-state index in [0.29, 0.717) is 11.3 Å². The second kappa shape index (κ2) is 8.30. The molecule has 0 aromatic carbocycles. The first-order valence-corrected chi connectivity index (χ1v) is 9.00. The molecular formula is C19H30ClN3O. The molecule has 1 aromatic rings. The highest BCUT2D eigenvalue weighted by Gasteiger charge is 2.37. The van der Waals surface area contributed by atoms with Gasteiger partial charge in [0, 0.05) is 32.8 Å². The van der Waals surface area contributed by atoms with Gasteiger partial charge >= 0.3 is 0 Å². The topological polar surface area (TPSA) is 36.4 Å². The number of halogens is 1. The normalized spacial score (nSPS) is 21.4. The molecule has 1 spiro atoms. The smallest absolute Gasteiger partial charge is 0.222 e. The van der Waals surface area contributed by atoms with Gasteiger partial charge < -0.3 is 4.90 Å². The largest absolute Gasteiger partial charge is 0.346 e. The van der Waals surface area contributed by atoms with Crippen molar-refractivity contribution >= 4 is 18.3 Å². The van der Waals surface area contributed by atoms with Crippen molar-refractivity contribution in [3.63, 3.8) is 0 Å². The van der Waals surface area contributed by atoms with Crippen LogP contribution in [0.15, 0.2) is 18.3 Å². The van der Waals surface area contributed by atoms with Crippen LogP contribution in [0.5, 0.6) is 0 Å². The molecular weight excluding hydrogens is 322 g/mol. The minimum atomic E-state index is 0. The predicted octanol–water partition coefficient (Wildman–Crippen LogP) is 3.29. The number of carbonyl (C=O) groups excluding carboxylic acids is 1. The summed E-state index contributed by atoms with van der Waals surface area (Å²) in [4.78, 5) is 20.9. The van der Waals surface area contributed by atoms with E-state index in [2.05, 4.69) is 28.9 Å². The standard InChI is InChI=1S/C19H29N3O.ClH/c1-3-16-4-5-17(20-14-16)15-22-12-9-19(10-13-22)7-6-18(23)21(2)11-8-19;/h4-5,14H,3,6-13,15H2,1-2H3;1H. The van der Waals surface area contributed by atoms with E-state index in [1.807, 2.05) is 18.1 Å². The second-order valence-corrected chi connectivity index (χ2v) is 7.35. The molecule has 0 saturated carbocycles. The van der Waals surface area contributed by atoms with E-state index < -0.39 is 0 Å². The van der Waals surface area contributed by atoms with E-state index in [1.54, 1.807) is 0 Å². The summed E-state index contributed by atoms with van der Waals surface area (Å²) in [6.07, 6.45) is 8.49. The molecule has 0 unspecified atom stereocenters. The van der Waals surface area contributed by atoms with Crippen molar-refractivity contribution in [2.24, 2.45) is 5.41 Å². The van der Waals surface area contributed by atoms with Crippen LogP contribution in [0.4, 0.5) is 0 Å². The van der Waals surface area contributed by atoms with Gasteiger partial charge in [-0.05, 0) is 62.2 Å². The maximum Gasteiger partial charge on any atom is 0.222 e. The fourth-order valence-corrected chi connectivity index (χ4v) is 3.89. The Hall–Kier alpha value is -1.13. The molecule has 0 radical (unpaired) electrons. The number of piperidine rings is 1. The minimum absolute atomic E-state index is 0. The van der Waals surface area contributed by atoms with Crippen LogP contribution in [0, 0.1) is 5.41 Å². The van der Waals surface area contributed by atoms with Gasteiger partial charge in [0.05, 0.1) is 5.69 Å². The average Bonchev–Trinajstić information content (AvgIpc) is 2.72. The van der Waals surface area contributed by atoms with Crippen molar-refractivity contribution in [2.45, 2.75) is 52.0 Å². The van der Waals surface area contributed by atoms with Gasteiger partial charge in [-0.15, -0.1) is 12.4 Å². The van der Waals surface area contributed by atoms with Gasteiger partial charge in [-0.25, -0.2) is 0 Å². The summed E-state index contributed by atoms with van der Waals surface area (Å²) < 4.78 is 0. The summed E-state index contributed by atoms with van der Waals surface area (Å²) in [5.41, 5.74) is 2.88. The zero-order valence-electron chi connectivity index (χ0n) is 15.0. The van der Waals surface area contributed by atoms with Crippen molar-refractivity contribution in [3.05, 3.63) is 29.6 Å². The van der Waals surface area contributed by atoms with E-state index in [-0.39, 0.29) is 12.4 Å². The van der Waals surface area contributed by atoms with Crippen LogP contribution in [0.3, 0.4) is 0 Å². The van der Waals surface area contributed by atoms with Gasteiger partial charge in [0.15, 0.2) is 0 Å². The number of carbonyl (C=O) groups is 1. The van der Waals surface area contributed by atoms with Crippen molar-refractivity contribution in [3.8, 4) is 0 Å². The zero-order chi connectivity index (χ0) is 16.3. The summed E-state index contributed by atoms with van der Waals surface area (Å²) in [6, 6.07) is 4.36. The Morgan fingerprint density at radius 2 is 1.83 bits per heavy atom. The number of aryl methyl sites for hydroxylation is 1. The van der Waals surface area contributed by atoms with Crippen molar-refractivity contribution in [1.29, 1.82) is 0 Å². The number of nitrogens with zero attached hydrogens (tertiary/aromatic N) is 3. The molecule has 0 N–H and O–H groups in total. The van der Waals surface area contributed by atoms with Gasteiger partial charge in [-0.1, -0.05) is 13.0 Å². The molecule has 0 atom stereocenters. The second-order valence-electron chi connectivity index (χ2n) is 7.35. The van der Waals surface area contributed by atoms with Gasteiger partial charge in [0.1, 0.15) is 0 Å². The Kier molecular flexibility index (Phi) is 6.64. The maximum atomic E-state index is 11.9. The molecule has 3 heterocycles. The molecule has 1 aromatic heterocycles. The van der Waals surface area contributed by atoms with Crippen LogP contribution in [-0.4, -0.2) is 47.4 Å². The molecule has 3 rings (SSSR count). The molecule has 2 saturated heterocycles. The Morgan fingerprint density at radius 1 is 1.12 bits per heavy atom. The first kappa shape index (κ1) is 19.2. The summed E-state index contributed by atoms with van der Waals surface area (Å²) in [6.45, 7) is 6.32. The van der Waals surface area contributed by atoms with Gasteiger partial charge in [-0.3, -0.25) is 14.7 Å². The summed E-state index contributed by atoms with van der Waals surface area (Å²) >= 11 is 0. The highest BCUT2D eigenvalue weighted by molar-refractivity contribution is 5.85. The molecule has 1 amide bonds. The van der Waals surface area contributed by atoms with Crippen molar-refractivity contribution < 1.29 is 4.79 Å². The number of hydrogen-bond acceptors (Lipinski definition) is 3. The molecule has 2 fully saturated rings. The van der Waals surface area contributed by atoms with E-state index in [1.165, 1.54) is 30.5 Å². The van der Waals surface area contributed by atoms with E-state index in [4.69, 9.17) is 0 Å². The number of pyridine rings is 1. The van der Waals surface area contributed by atoms with Crippen LogP contribution in [0.25, 0.3) is 0 Å².